The van der Waals surface area contributed by atoms with Crippen molar-refractivity contribution in [1.29, 1.82) is 0 Å². The standard InChI is InChI=1S/C29H35N3O4S/c1-21-10-9-13-25(16-21)19-31(27(29(34)30-4)18-24-11-7-6-8-12-24)28(33)20-32(37(5,35)36)26-15-14-22(2)23(3)17-26/h6-17,27H,18-20H2,1-5H3,(H,30,34)/t27-/m1/s1. The molecule has 37 heavy (non-hydrogen) atoms. The number of hydrogen-bond donors (Lipinski definition) is 1. The van der Waals surface area contributed by atoms with Gasteiger partial charge >= 0.3 is 0 Å². The van der Waals surface area contributed by atoms with Gasteiger partial charge in [-0.1, -0.05) is 66.2 Å². The van der Waals surface area contributed by atoms with Crippen LogP contribution in [0.25, 0.3) is 0 Å². The molecule has 0 aliphatic rings. The van der Waals surface area contributed by atoms with Gasteiger partial charge in [-0.2, -0.15) is 0 Å². The topological polar surface area (TPSA) is 86.8 Å². The van der Waals surface area contributed by atoms with Gasteiger partial charge in [0.25, 0.3) is 0 Å². The zero-order valence-electron chi connectivity index (χ0n) is 22.1. The van der Waals surface area contributed by atoms with E-state index in [-0.39, 0.29) is 12.5 Å². The number of amides is 2. The first-order chi connectivity index (χ1) is 17.5. The molecule has 0 fully saturated rings. The second-order valence-corrected chi connectivity index (χ2v) is 11.3. The number of anilines is 1. The molecule has 0 radical (unpaired) electrons. The summed E-state index contributed by atoms with van der Waals surface area (Å²) in [6.07, 6.45) is 1.38. The quantitative estimate of drug-likeness (QED) is 0.440. The van der Waals surface area contributed by atoms with Gasteiger partial charge in [0, 0.05) is 20.0 Å². The number of carbonyl (C=O) groups is 2. The lowest BCUT2D eigenvalue weighted by atomic mass is 10.0. The molecule has 0 aliphatic carbocycles. The number of sulfonamides is 1. The molecule has 0 unspecified atom stereocenters. The first kappa shape index (κ1) is 27.9. The highest BCUT2D eigenvalue weighted by atomic mass is 32.2. The number of rotatable bonds is 10. The summed E-state index contributed by atoms with van der Waals surface area (Å²) < 4.78 is 26.7. The van der Waals surface area contributed by atoms with Crippen LogP contribution in [0.2, 0.25) is 0 Å². The van der Waals surface area contributed by atoms with E-state index in [4.69, 9.17) is 0 Å². The molecule has 0 saturated carbocycles. The fourth-order valence-electron chi connectivity index (χ4n) is 4.22. The van der Waals surface area contributed by atoms with Crippen molar-refractivity contribution in [3.05, 3.63) is 101 Å². The molecule has 0 spiro atoms. The molecule has 0 bridgehead atoms. The van der Waals surface area contributed by atoms with E-state index in [0.29, 0.717) is 12.1 Å². The Morgan fingerprint density at radius 1 is 0.865 bits per heavy atom. The Labute approximate surface area is 220 Å². The molecule has 8 heteroatoms. The molecule has 1 atom stereocenters. The van der Waals surface area contributed by atoms with E-state index in [0.717, 1.165) is 38.4 Å². The van der Waals surface area contributed by atoms with Crippen molar-refractivity contribution in [1.82, 2.24) is 10.2 Å². The van der Waals surface area contributed by atoms with Crippen LogP contribution in [-0.4, -0.2) is 51.0 Å². The highest BCUT2D eigenvalue weighted by molar-refractivity contribution is 7.92. The predicted molar refractivity (Wildman–Crippen MR) is 148 cm³/mol. The second-order valence-electron chi connectivity index (χ2n) is 9.37. The summed E-state index contributed by atoms with van der Waals surface area (Å²) in [7, 11) is -2.25. The maximum Gasteiger partial charge on any atom is 0.244 e. The van der Waals surface area contributed by atoms with Gasteiger partial charge in [0.15, 0.2) is 0 Å². The largest absolute Gasteiger partial charge is 0.357 e. The third kappa shape index (κ3) is 7.43. The summed E-state index contributed by atoms with van der Waals surface area (Å²) in [5, 5.41) is 2.68. The van der Waals surface area contributed by atoms with E-state index < -0.39 is 28.5 Å². The molecule has 7 nitrogen and oxygen atoms in total. The number of benzene rings is 3. The van der Waals surface area contributed by atoms with Crippen molar-refractivity contribution in [2.75, 3.05) is 24.2 Å². The molecule has 0 heterocycles. The third-order valence-electron chi connectivity index (χ3n) is 6.41. The number of nitrogens with one attached hydrogen (secondary N) is 1. The van der Waals surface area contributed by atoms with Crippen LogP contribution in [0.3, 0.4) is 0 Å². The van der Waals surface area contributed by atoms with E-state index >= 15 is 0 Å². The smallest absolute Gasteiger partial charge is 0.244 e. The molecule has 0 saturated heterocycles. The fourth-order valence-corrected chi connectivity index (χ4v) is 5.06. The van der Waals surface area contributed by atoms with Crippen molar-refractivity contribution in [2.45, 2.75) is 39.8 Å². The van der Waals surface area contributed by atoms with Crippen LogP contribution < -0.4 is 9.62 Å². The van der Waals surface area contributed by atoms with Gasteiger partial charge in [0.05, 0.1) is 11.9 Å². The Kier molecular flexibility index (Phi) is 9.10. The molecule has 0 aliphatic heterocycles. The molecule has 3 rings (SSSR count). The normalized spacial score (nSPS) is 12.0. The number of nitrogens with zero attached hydrogens (tertiary/aromatic N) is 2. The summed E-state index contributed by atoms with van der Waals surface area (Å²) in [5.41, 5.74) is 5.13. The van der Waals surface area contributed by atoms with Crippen LogP contribution in [0.5, 0.6) is 0 Å². The number of hydrogen-bond acceptors (Lipinski definition) is 4. The fraction of sp³-hybridized carbons (Fsp3) is 0.310. The van der Waals surface area contributed by atoms with Gasteiger partial charge in [0.2, 0.25) is 21.8 Å². The monoisotopic (exact) mass is 521 g/mol. The second kappa shape index (κ2) is 12.1. The average Bonchev–Trinajstić information content (AvgIpc) is 2.86. The van der Waals surface area contributed by atoms with E-state index in [1.165, 1.54) is 11.9 Å². The Balaban J connectivity index is 2.04. The average molecular weight is 522 g/mol. The minimum atomic E-state index is -3.78. The summed E-state index contributed by atoms with van der Waals surface area (Å²) in [6, 6.07) is 21.6. The maximum absolute atomic E-state index is 13.9. The lowest BCUT2D eigenvalue weighted by Gasteiger charge is -2.33. The highest BCUT2D eigenvalue weighted by Crippen LogP contribution is 2.23. The molecular formula is C29H35N3O4S. The van der Waals surface area contributed by atoms with Gasteiger partial charge in [0.1, 0.15) is 12.6 Å². The number of aryl methyl sites for hydroxylation is 3. The molecule has 1 N–H and O–H groups in total. The summed E-state index contributed by atoms with van der Waals surface area (Å²) in [4.78, 5) is 28.5. The van der Waals surface area contributed by atoms with E-state index in [9.17, 15) is 18.0 Å². The Hall–Kier alpha value is -3.65. The maximum atomic E-state index is 13.9. The van der Waals surface area contributed by atoms with Crippen LogP contribution >= 0.6 is 0 Å². The zero-order valence-corrected chi connectivity index (χ0v) is 22.9. The van der Waals surface area contributed by atoms with Crippen LogP contribution in [0, 0.1) is 20.8 Å². The van der Waals surface area contributed by atoms with Gasteiger partial charge in [-0.15, -0.1) is 0 Å². The van der Waals surface area contributed by atoms with Crippen LogP contribution in [0.4, 0.5) is 5.69 Å². The van der Waals surface area contributed by atoms with E-state index in [2.05, 4.69) is 5.32 Å². The highest BCUT2D eigenvalue weighted by Gasteiger charge is 2.32. The summed E-state index contributed by atoms with van der Waals surface area (Å²) >= 11 is 0. The van der Waals surface area contributed by atoms with Gasteiger partial charge in [-0.25, -0.2) is 8.42 Å². The van der Waals surface area contributed by atoms with Crippen molar-refractivity contribution in [3.63, 3.8) is 0 Å². The van der Waals surface area contributed by atoms with Crippen LogP contribution in [0.1, 0.15) is 27.8 Å². The lowest BCUT2D eigenvalue weighted by molar-refractivity contribution is -0.139. The molecule has 2 amide bonds. The molecule has 3 aromatic carbocycles. The SMILES string of the molecule is CNC(=O)[C@@H](Cc1ccccc1)N(Cc1cccc(C)c1)C(=O)CN(c1ccc(C)c(C)c1)S(C)(=O)=O. The zero-order chi connectivity index (χ0) is 27.2. The van der Waals surface area contributed by atoms with Gasteiger partial charge in [-0.05, 0) is 55.2 Å². The van der Waals surface area contributed by atoms with Crippen molar-refractivity contribution in [2.24, 2.45) is 0 Å². The Bertz CT molecular complexity index is 1360. The third-order valence-corrected chi connectivity index (χ3v) is 7.55. The van der Waals surface area contributed by atoms with Crippen molar-refractivity contribution in [3.8, 4) is 0 Å². The molecular weight excluding hydrogens is 486 g/mol. The van der Waals surface area contributed by atoms with Gasteiger partial charge < -0.3 is 10.2 Å². The Morgan fingerprint density at radius 2 is 1.54 bits per heavy atom. The molecule has 3 aromatic rings. The first-order valence-corrected chi connectivity index (χ1v) is 14.0. The molecule has 0 aromatic heterocycles. The van der Waals surface area contributed by atoms with Crippen LogP contribution in [-0.2, 0) is 32.6 Å². The first-order valence-electron chi connectivity index (χ1n) is 12.1. The predicted octanol–water partition coefficient (Wildman–Crippen LogP) is 3.76. The minimum absolute atomic E-state index is 0.163. The Morgan fingerprint density at radius 3 is 2.14 bits per heavy atom. The van der Waals surface area contributed by atoms with Crippen molar-refractivity contribution < 1.29 is 18.0 Å². The lowest BCUT2D eigenvalue weighted by Crippen LogP contribution is -2.52. The minimum Gasteiger partial charge on any atom is -0.357 e. The number of carbonyl (C=O) groups excluding carboxylic acids is 2. The molecule has 196 valence electrons. The van der Waals surface area contributed by atoms with E-state index in [1.807, 2.05) is 81.4 Å². The summed E-state index contributed by atoms with van der Waals surface area (Å²) in [5.74, 6) is -0.781. The van der Waals surface area contributed by atoms with Crippen LogP contribution in [0.15, 0.2) is 72.8 Å². The van der Waals surface area contributed by atoms with Gasteiger partial charge in [-0.3, -0.25) is 13.9 Å². The summed E-state index contributed by atoms with van der Waals surface area (Å²) in [6.45, 7) is 5.54. The van der Waals surface area contributed by atoms with Crippen molar-refractivity contribution >= 4 is 27.5 Å². The van der Waals surface area contributed by atoms with E-state index in [1.54, 1.807) is 12.1 Å². The number of likely N-dealkylation sites (N-methyl/N-ethyl adjacent to an activating group) is 1.